The molecule has 0 unspecified atom stereocenters. The lowest BCUT2D eigenvalue weighted by atomic mass is 9.92. The lowest BCUT2D eigenvalue weighted by molar-refractivity contribution is -0.125. The normalized spacial score (nSPS) is 28.0. The first-order valence-corrected chi connectivity index (χ1v) is 10.6. The quantitative estimate of drug-likeness (QED) is 0.883. The van der Waals surface area contributed by atoms with Crippen LogP contribution in [0.4, 0.5) is 4.39 Å². The predicted molar refractivity (Wildman–Crippen MR) is 94.6 cm³/mol. The molecule has 0 spiro atoms. The molecule has 1 amide bonds. The van der Waals surface area contributed by atoms with E-state index in [1.807, 2.05) is 0 Å². The van der Waals surface area contributed by atoms with Crippen LogP contribution < -0.4 is 5.32 Å². The molecular formula is C19H26FNO3S. The maximum atomic E-state index is 15.3. The van der Waals surface area contributed by atoms with Gasteiger partial charge in [-0.3, -0.25) is 4.79 Å². The van der Waals surface area contributed by atoms with Gasteiger partial charge in [0.1, 0.15) is 0 Å². The average molecular weight is 367 g/mol. The van der Waals surface area contributed by atoms with Crippen molar-refractivity contribution in [1.29, 1.82) is 0 Å². The van der Waals surface area contributed by atoms with Crippen molar-refractivity contribution in [2.45, 2.75) is 74.2 Å². The molecular weight excluding hydrogens is 341 g/mol. The van der Waals surface area contributed by atoms with Crippen LogP contribution in [0.3, 0.4) is 0 Å². The topological polar surface area (TPSA) is 63.2 Å². The smallest absolute Gasteiger partial charge is 0.223 e. The molecule has 0 aromatic heterocycles. The Morgan fingerprint density at radius 3 is 2.40 bits per heavy atom. The van der Waals surface area contributed by atoms with Gasteiger partial charge in [0.15, 0.2) is 0 Å². The number of halogens is 1. The molecule has 6 heteroatoms. The zero-order valence-corrected chi connectivity index (χ0v) is 15.4. The molecule has 0 saturated heterocycles. The summed E-state index contributed by atoms with van der Waals surface area (Å²) >= 11 is 0. The van der Waals surface area contributed by atoms with Crippen molar-refractivity contribution in [3.63, 3.8) is 0 Å². The Morgan fingerprint density at radius 1 is 1.16 bits per heavy atom. The van der Waals surface area contributed by atoms with Crippen LogP contribution in [0.25, 0.3) is 0 Å². The third-order valence-corrected chi connectivity index (χ3v) is 7.83. The average Bonchev–Trinajstić information content (AvgIpc) is 3.11. The molecule has 0 bridgehead atoms. The highest BCUT2D eigenvalue weighted by atomic mass is 32.2. The lowest BCUT2D eigenvalue weighted by Crippen LogP contribution is -2.46. The predicted octanol–water partition coefficient (Wildman–Crippen LogP) is 3.68. The second-order valence-electron chi connectivity index (χ2n) is 7.47. The number of carbonyl (C=O) groups is 1. The van der Waals surface area contributed by atoms with Crippen LogP contribution in [-0.2, 0) is 14.6 Å². The van der Waals surface area contributed by atoms with Crippen molar-refractivity contribution >= 4 is 15.7 Å². The number of sulfone groups is 1. The number of hydrogen-bond donors (Lipinski definition) is 1. The number of rotatable bonds is 4. The van der Waals surface area contributed by atoms with E-state index in [2.05, 4.69) is 5.32 Å². The first-order chi connectivity index (χ1) is 11.8. The van der Waals surface area contributed by atoms with Gasteiger partial charge in [-0.15, -0.1) is 0 Å². The molecule has 1 aromatic rings. The highest BCUT2D eigenvalue weighted by molar-refractivity contribution is 7.92. The van der Waals surface area contributed by atoms with Crippen molar-refractivity contribution in [1.82, 2.24) is 5.32 Å². The molecule has 25 heavy (non-hydrogen) atoms. The van der Waals surface area contributed by atoms with E-state index >= 15 is 4.39 Å². The summed E-state index contributed by atoms with van der Waals surface area (Å²) in [4.78, 5) is 12.3. The van der Waals surface area contributed by atoms with Crippen LogP contribution in [0.5, 0.6) is 0 Å². The summed E-state index contributed by atoms with van der Waals surface area (Å²) in [5.41, 5.74) is 0.794. The zero-order valence-electron chi connectivity index (χ0n) is 14.6. The molecule has 2 aliphatic rings. The molecule has 0 heterocycles. The fourth-order valence-electron chi connectivity index (χ4n) is 3.96. The largest absolute Gasteiger partial charge is 0.353 e. The summed E-state index contributed by atoms with van der Waals surface area (Å²) in [6.07, 6.45) is 4.61. The molecule has 4 nitrogen and oxygen atoms in total. The molecule has 2 aliphatic carbocycles. The third kappa shape index (κ3) is 3.73. The van der Waals surface area contributed by atoms with E-state index in [1.165, 1.54) is 12.1 Å². The van der Waals surface area contributed by atoms with E-state index < -0.39 is 14.8 Å². The summed E-state index contributed by atoms with van der Waals surface area (Å²) in [6, 6.07) is 6.28. The lowest BCUT2D eigenvalue weighted by Gasteiger charge is -2.34. The second kappa shape index (κ2) is 7.06. The molecule has 1 aromatic carbocycles. The molecule has 3 rings (SSSR count). The third-order valence-electron chi connectivity index (χ3n) is 5.59. The molecule has 2 saturated carbocycles. The van der Waals surface area contributed by atoms with Gasteiger partial charge in [-0.2, -0.15) is 0 Å². The van der Waals surface area contributed by atoms with Gasteiger partial charge in [0.05, 0.1) is 4.90 Å². The number of benzene rings is 1. The van der Waals surface area contributed by atoms with Gasteiger partial charge in [-0.1, -0.05) is 25.0 Å². The van der Waals surface area contributed by atoms with Crippen LogP contribution in [0.1, 0.15) is 56.9 Å². The van der Waals surface area contributed by atoms with Crippen molar-refractivity contribution < 1.29 is 17.6 Å². The van der Waals surface area contributed by atoms with Crippen molar-refractivity contribution in [2.24, 2.45) is 5.92 Å². The Kier molecular flexibility index (Phi) is 5.19. The van der Waals surface area contributed by atoms with Gasteiger partial charge in [-0.05, 0) is 63.1 Å². The van der Waals surface area contributed by atoms with Gasteiger partial charge in [0, 0.05) is 12.0 Å². The number of hydrogen-bond acceptors (Lipinski definition) is 3. The van der Waals surface area contributed by atoms with Crippen LogP contribution in [-0.4, -0.2) is 25.4 Å². The zero-order chi connectivity index (χ0) is 18.1. The van der Waals surface area contributed by atoms with Crippen LogP contribution in [0.2, 0.25) is 0 Å². The van der Waals surface area contributed by atoms with E-state index in [4.69, 9.17) is 0 Å². The van der Waals surface area contributed by atoms with Gasteiger partial charge < -0.3 is 5.32 Å². The maximum absolute atomic E-state index is 15.3. The minimum atomic E-state index is -4.03. The molecule has 138 valence electrons. The van der Waals surface area contributed by atoms with E-state index in [9.17, 15) is 13.2 Å². The van der Waals surface area contributed by atoms with E-state index in [0.717, 1.165) is 31.2 Å². The number of alkyl halides is 1. The van der Waals surface area contributed by atoms with Gasteiger partial charge in [-0.25, -0.2) is 12.8 Å². The molecule has 1 N–H and O–H groups in total. The summed E-state index contributed by atoms with van der Waals surface area (Å²) in [7, 11) is -4.03. The second-order valence-corrected chi connectivity index (χ2v) is 9.68. The fourth-order valence-corrected chi connectivity index (χ4v) is 5.76. The van der Waals surface area contributed by atoms with Crippen molar-refractivity contribution in [3.8, 4) is 0 Å². The number of amides is 1. The first-order valence-electron chi connectivity index (χ1n) is 9.12. The number of aryl methyl sites for hydroxylation is 1. The fraction of sp³-hybridized carbons (Fsp3) is 0.632. The van der Waals surface area contributed by atoms with Gasteiger partial charge >= 0.3 is 0 Å². The summed E-state index contributed by atoms with van der Waals surface area (Å²) in [5.74, 6) is 0.128. The van der Waals surface area contributed by atoms with Crippen LogP contribution in [0.15, 0.2) is 29.2 Å². The van der Waals surface area contributed by atoms with E-state index in [0.29, 0.717) is 12.8 Å². The molecule has 0 aliphatic heterocycles. The molecule has 0 radical (unpaired) electrons. The Hall–Kier alpha value is -1.43. The minimum Gasteiger partial charge on any atom is -0.353 e. The van der Waals surface area contributed by atoms with Gasteiger partial charge in [0.2, 0.25) is 20.7 Å². The monoisotopic (exact) mass is 367 g/mol. The molecule has 0 atom stereocenters. The molecule has 2 fully saturated rings. The Bertz CT molecular complexity index is 733. The SMILES string of the molecule is Cc1cccc(S(=O)(=O)C2(F)CCC(NC(=O)C3CCCC3)CC2)c1. The van der Waals surface area contributed by atoms with Crippen molar-refractivity contribution in [2.75, 3.05) is 0 Å². The number of carbonyl (C=O) groups excluding carboxylic acids is 1. The minimum absolute atomic E-state index is 0.0449. The standard InChI is InChI=1S/C19H26FNO3S/c1-14-5-4-8-17(13-14)25(23,24)19(20)11-9-16(10-12-19)21-18(22)15-6-2-3-7-15/h4-5,8,13,15-16H,2-3,6-7,9-12H2,1H3,(H,21,22). The van der Waals surface area contributed by atoms with Crippen molar-refractivity contribution in [3.05, 3.63) is 29.8 Å². The summed E-state index contributed by atoms with van der Waals surface area (Å²) in [5, 5.41) is 0.758. The van der Waals surface area contributed by atoms with Crippen LogP contribution in [0, 0.1) is 12.8 Å². The maximum Gasteiger partial charge on any atom is 0.223 e. The van der Waals surface area contributed by atoms with Crippen LogP contribution >= 0.6 is 0 Å². The Morgan fingerprint density at radius 2 is 1.80 bits per heavy atom. The highest BCUT2D eigenvalue weighted by Crippen LogP contribution is 2.40. The Balaban J connectivity index is 1.64. The van der Waals surface area contributed by atoms with E-state index in [-0.39, 0.29) is 35.6 Å². The number of nitrogens with one attached hydrogen (secondary N) is 1. The highest BCUT2D eigenvalue weighted by Gasteiger charge is 2.48. The first kappa shape index (κ1) is 18.4. The Labute approximate surface area is 149 Å². The van der Waals surface area contributed by atoms with E-state index in [1.54, 1.807) is 19.1 Å². The van der Waals surface area contributed by atoms with Gasteiger partial charge in [0.25, 0.3) is 0 Å². The summed E-state index contributed by atoms with van der Waals surface area (Å²) < 4.78 is 40.8. The summed E-state index contributed by atoms with van der Waals surface area (Å²) in [6.45, 7) is 1.79.